The van der Waals surface area contributed by atoms with Crippen molar-refractivity contribution in [3.8, 4) is 0 Å². The van der Waals surface area contributed by atoms with Gasteiger partial charge in [0, 0.05) is 24.2 Å². The summed E-state index contributed by atoms with van der Waals surface area (Å²) in [7, 11) is 0. The second-order valence-electron chi connectivity index (χ2n) is 4.67. The van der Waals surface area contributed by atoms with E-state index in [0.29, 0.717) is 11.8 Å². The lowest BCUT2D eigenvalue weighted by Gasteiger charge is -2.11. The monoisotopic (exact) mass is 329 g/mol. The van der Waals surface area contributed by atoms with E-state index in [2.05, 4.69) is 15.0 Å². The van der Waals surface area contributed by atoms with Crippen molar-refractivity contribution < 1.29 is 13.2 Å². The Labute approximate surface area is 129 Å². The second-order valence-corrected chi connectivity index (χ2v) is 5.63. The van der Waals surface area contributed by atoms with Crippen LogP contribution in [0.3, 0.4) is 0 Å². The van der Waals surface area contributed by atoms with Crippen LogP contribution in [-0.2, 0) is 18.3 Å². The van der Waals surface area contributed by atoms with Gasteiger partial charge in [-0.15, -0.1) is 0 Å². The maximum absolute atomic E-state index is 12.7. The predicted molar refractivity (Wildman–Crippen MR) is 77.8 cm³/mol. The lowest BCUT2D eigenvalue weighted by atomic mass is 10.1. The largest absolute Gasteiger partial charge is 0.433 e. The highest BCUT2D eigenvalue weighted by Crippen LogP contribution is 2.29. The standard InChI is InChI=1S/C14H14F3N3OS/c1-3-9-6-18-5-8(2)10(9)7-22-13-19-11(14(15,16)17)4-12(21)20-13/h4-6H,3,7H2,1-2H3,(H,19,20,21). The molecule has 8 heteroatoms. The molecule has 0 radical (unpaired) electrons. The minimum Gasteiger partial charge on any atom is -0.301 e. The van der Waals surface area contributed by atoms with Crippen LogP contribution in [0.2, 0.25) is 0 Å². The number of aryl methyl sites for hydroxylation is 2. The van der Waals surface area contributed by atoms with Crippen LogP contribution in [0.15, 0.2) is 28.4 Å². The Morgan fingerprint density at radius 3 is 2.68 bits per heavy atom. The second kappa shape index (κ2) is 6.51. The molecule has 0 aliphatic rings. The van der Waals surface area contributed by atoms with E-state index in [9.17, 15) is 18.0 Å². The van der Waals surface area contributed by atoms with Gasteiger partial charge in [0.1, 0.15) is 0 Å². The van der Waals surface area contributed by atoms with Gasteiger partial charge in [0.05, 0.1) is 0 Å². The number of nitrogens with one attached hydrogen (secondary N) is 1. The van der Waals surface area contributed by atoms with Gasteiger partial charge in [-0.1, -0.05) is 18.7 Å². The molecule has 1 N–H and O–H groups in total. The van der Waals surface area contributed by atoms with Crippen LogP contribution in [0.5, 0.6) is 0 Å². The molecule has 4 nitrogen and oxygen atoms in total. The van der Waals surface area contributed by atoms with Gasteiger partial charge in [-0.25, -0.2) is 4.98 Å². The number of hydrogen-bond donors (Lipinski definition) is 1. The molecule has 0 atom stereocenters. The Bertz CT molecular complexity index is 728. The Balaban J connectivity index is 2.26. The minimum absolute atomic E-state index is 0.0434. The topological polar surface area (TPSA) is 58.6 Å². The molecule has 0 spiro atoms. The molecule has 22 heavy (non-hydrogen) atoms. The van der Waals surface area contributed by atoms with Gasteiger partial charge in [-0.2, -0.15) is 13.2 Å². The van der Waals surface area contributed by atoms with E-state index in [1.165, 1.54) is 0 Å². The lowest BCUT2D eigenvalue weighted by Crippen LogP contribution is -2.16. The Hall–Kier alpha value is -1.83. The number of hydrogen-bond acceptors (Lipinski definition) is 4. The third kappa shape index (κ3) is 3.88. The quantitative estimate of drug-likeness (QED) is 0.690. The fourth-order valence-corrected chi connectivity index (χ4v) is 2.98. The number of nitrogens with zero attached hydrogens (tertiary/aromatic N) is 2. The smallest absolute Gasteiger partial charge is 0.301 e. The predicted octanol–water partition coefficient (Wildman–Crippen LogP) is 3.35. The highest BCUT2D eigenvalue weighted by atomic mass is 32.2. The van der Waals surface area contributed by atoms with Gasteiger partial charge in [-0.3, -0.25) is 9.78 Å². The highest BCUT2D eigenvalue weighted by molar-refractivity contribution is 7.98. The van der Waals surface area contributed by atoms with Crippen molar-refractivity contribution in [2.75, 3.05) is 0 Å². The van der Waals surface area contributed by atoms with Crippen molar-refractivity contribution in [2.45, 2.75) is 37.4 Å². The molecule has 0 aromatic carbocycles. The van der Waals surface area contributed by atoms with Gasteiger partial charge in [0.2, 0.25) is 0 Å². The summed E-state index contributed by atoms with van der Waals surface area (Å²) in [6, 6.07) is 0.458. The lowest BCUT2D eigenvalue weighted by molar-refractivity contribution is -0.141. The van der Waals surface area contributed by atoms with Crippen molar-refractivity contribution in [3.05, 3.63) is 51.2 Å². The van der Waals surface area contributed by atoms with Crippen LogP contribution in [0.25, 0.3) is 0 Å². The molecular formula is C14H14F3N3OS. The fourth-order valence-electron chi connectivity index (χ4n) is 1.95. The molecule has 0 fully saturated rings. The molecule has 2 rings (SSSR count). The van der Waals surface area contributed by atoms with Gasteiger partial charge >= 0.3 is 6.18 Å². The molecule has 2 aromatic heterocycles. The summed E-state index contributed by atoms with van der Waals surface area (Å²) in [6.07, 6.45) is -0.412. The summed E-state index contributed by atoms with van der Waals surface area (Å²) in [6.45, 7) is 3.87. The highest BCUT2D eigenvalue weighted by Gasteiger charge is 2.33. The number of halogens is 3. The average Bonchev–Trinajstić information content (AvgIpc) is 2.44. The van der Waals surface area contributed by atoms with Crippen LogP contribution < -0.4 is 5.56 Å². The average molecular weight is 329 g/mol. The van der Waals surface area contributed by atoms with Crippen molar-refractivity contribution in [1.82, 2.24) is 15.0 Å². The third-order valence-electron chi connectivity index (χ3n) is 3.11. The van der Waals surface area contributed by atoms with E-state index in [0.717, 1.165) is 34.9 Å². The van der Waals surface area contributed by atoms with E-state index in [4.69, 9.17) is 0 Å². The Kier molecular flexibility index (Phi) is 4.90. The zero-order valence-electron chi connectivity index (χ0n) is 12.0. The third-order valence-corrected chi connectivity index (χ3v) is 4.01. The number of aromatic nitrogens is 3. The summed E-state index contributed by atoms with van der Waals surface area (Å²) < 4.78 is 38.0. The van der Waals surface area contributed by atoms with Crippen LogP contribution in [0.1, 0.15) is 29.3 Å². The first-order chi connectivity index (χ1) is 10.3. The zero-order chi connectivity index (χ0) is 16.3. The number of aromatic amines is 1. The SMILES string of the molecule is CCc1cncc(C)c1CSc1nc(C(F)(F)F)cc(=O)[nH]1. The summed E-state index contributed by atoms with van der Waals surface area (Å²) in [4.78, 5) is 21.2. The molecule has 0 aliphatic carbocycles. The first kappa shape index (κ1) is 16.5. The Morgan fingerprint density at radius 2 is 2.05 bits per heavy atom. The van der Waals surface area contributed by atoms with Gasteiger partial charge in [0.25, 0.3) is 5.56 Å². The number of alkyl halides is 3. The zero-order valence-corrected chi connectivity index (χ0v) is 12.8. The summed E-state index contributed by atoms with van der Waals surface area (Å²) in [5.41, 5.74) is 0.999. The molecule has 118 valence electrons. The van der Waals surface area contributed by atoms with Crippen LogP contribution in [0.4, 0.5) is 13.2 Å². The van der Waals surface area contributed by atoms with E-state index in [-0.39, 0.29) is 5.16 Å². The molecule has 0 unspecified atom stereocenters. The van der Waals surface area contributed by atoms with Gasteiger partial charge in [0.15, 0.2) is 10.9 Å². The number of rotatable bonds is 4. The molecular weight excluding hydrogens is 315 g/mol. The van der Waals surface area contributed by atoms with E-state index in [1.807, 2.05) is 13.8 Å². The Morgan fingerprint density at radius 1 is 1.32 bits per heavy atom. The first-order valence-electron chi connectivity index (χ1n) is 6.55. The summed E-state index contributed by atoms with van der Waals surface area (Å²) >= 11 is 1.07. The number of H-pyrrole nitrogens is 1. The van der Waals surface area contributed by atoms with E-state index in [1.54, 1.807) is 12.4 Å². The maximum atomic E-state index is 12.7. The van der Waals surface area contributed by atoms with Crippen LogP contribution in [-0.4, -0.2) is 15.0 Å². The summed E-state index contributed by atoms with van der Waals surface area (Å²) in [5.74, 6) is 0.418. The fraction of sp³-hybridized carbons (Fsp3) is 0.357. The minimum atomic E-state index is -4.63. The van der Waals surface area contributed by atoms with Crippen LogP contribution in [0, 0.1) is 6.92 Å². The first-order valence-corrected chi connectivity index (χ1v) is 7.53. The summed E-state index contributed by atoms with van der Waals surface area (Å²) in [5, 5.41) is -0.0434. The molecule has 0 amide bonds. The van der Waals surface area contributed by atoms with Crippen LogP contribution >= 0.6 is 11.8 Å². The van der Waals surface area contributed by atoms with E-state index >= 15 is 0 Å². The maximum Gasteiger partial charge on any atom is 0.433 e. The molecule has 0 saturated carbocycles. The molecule has 0 saturated heterocycles. The number of pyridine rings is 1. The normalized spacial score (nSPS) is 11.7. The van der Waals surface area contributed by atoms with Crippen molar-refractivity contribution in [3.63, 3.8) is 0 Å². The molecule has 0 bridgehead atoms. The van der Waals surface area contributed by atoms with Crippen molar-refractivity contribution in [2.24, 2.45) is 0 Å². The molecule has 0 aliphatic heterocycles. The van der Waals surface area contributed by atoms with Gasteiger partial charge < -0.3 is 4.98 Å². The molecule has 2 aromatic rings. The van der Waals surface area contributed by atoms with E-state index < -0.39 is 17.4 Å². The van der Waals surface area contributed by atoms with Crippen molar-refractivity contribution >= 4 is 11.8 Å². The number of thioether (sulfide) groups is 1. The van der Waals surface area contributed by atoms with Gasteiger partial charge in [-0.05, 0) is 30.0 Å². The molecule has 2 heterocycles. The van der Waals surface area contributed by atoms with Crippen molar-refractivity contribution in [1.29, 1.82) is 0 Å².